The molecule has 1 fully saturated rings. The second kappa shape index (κ2) is 7.59. The largest absolute Gasteiger partial charge is 0.352 e. The average molecular weight is 321 g/mol. The quantitative estimate of drug-likeness (QED) is 0.789. The van der Waals surface area contributed by atoms with E-state index in [0.29, 0.717) is 18.5 Å². The van der Waals surface area contributed by atoms with E-state index in [1.165, 1.54) is 0 Å². The lowest BCUT2D eigenvalue weighted by molar-refractivity contribution is -0.129. The van der Waals surface area contributed by atoms with Crippen LogP contribution in [0.3, 0.4) is 0 Å². The zero-order valence-electron chi connectivity index (χ0n) is 14.5. The van der Waals surface area contributed by atoms with Crippen molar-refractivity contribution in [1.82, 2.24) is 24.9 Å². The van der Waals surface area contributed by atoms with E-state index in [1.54, 1.807) is 10.9 Å². The first-order valence-electron chi connectivity index (χ1n) is 8.11. The van der Waals surface area contributed by atoms with Gasteiger partial charge in [-0.3, -0.25) is 14.3 Å². The molecule has 0 saturated carbocycles. The molecule has 2 heterocycles. The standard InChI is InChI=1S/C16H27N5O2/c1-12-14(11-18-20(12)4)16(23)17-8-7-13-5-6-15(22)21(13)10-9-19(2)3/h11,13H,5-10H2,1-4H3,(H,17,23)/t13-/m0/s1. The SMILES string of the molecule is Cc1c(C(=O)NCC[C@@H]2CCC(=O)N2CCN(C)C)cnn1C. The molecule has 0 unspecified atom stereocenters. The fourth-order valence-corrected chi connectivity index (χ4v) is 2.88. The Labute approximate surface area is 137 Å². The first-order chi connectivity index (χ1) is 10.9. The monoisotopic (exact) mass is 321 g/mol. The van der Waals surface area contributed by atoms with Crippen LogP contribution in [0.15, 0.2) is 6.20 Å². The number of aromatic nitrogens is 2. The Morgan fingerprint density at radius 1 is 1.48 bits per heavy atom. The summed E-state index contributed by atoms with van der Waals surface area (Å²) in [6.45, 7) is 4.07. The van der Waals surface area contributed by atoms with Crippen LogP contribution in [0.25, 0.3) is 0 Å². The highest BCUT2D eigenvalue weighted by molar-refractivity contribution is 5.95. The third-order valence-corrected chi connectivity index (χ3v) is 4.48. The molecule has 1 aliphatic heterocycles. The summed E-state index contributed by atoms with van der Waals surface area (Å²) in [4.78, 5) is 28.2. The Bertz CT molecular complexity index is 567. The maximum atomic E-state index is 12.2. The van der Waals surface area contributed by atoms with Gasteiger partial charge in [0, 0.05) is 44.8 Å². The van der Waals surface area contributed by atoms with E-state index < -0.39 is 0 Å². The predicted molar refractivity (Wildman–Crippen MR) is 88.2 cm³/mol. The first-order valence-corrected chi connectivity index (χ1v) is 8.11. The molecule has 1 atom stereocenters. The molecule has 2 rings (SSSR count). The molecule has 7 heteroatoms. The van der Waals surface area contributed by atoms with Gasteiger partial charge in [0.2, 0.25) is 5.91 Å². The molecule has 23 heavy (non-hydrogen) atoms. The van der Waals surface area contributed by atoms with Crippen molar-refractivity contribution < 1.29 is 9.59 Å². The molecule has 128 valence electrons. The predicted octanol–water partition coefficient (Wildman–Crippen LogP) is 0.401. The van der Waals surface area contributed by atoms with E-state index in [0.717, 1.165) is 31.6 Å². The fraction of sp³-hybridized carbons (Fsp3) is 0.688. The van der Waals surface area contributed by atoms with Crippen molar-refractivity contribution in [3.05, 3.63) is 17.5 Å². The second-order valence-corrected chi connectivity index (χ2v) is 6.39. The van der Waals surface area contributed by atoms with E-state index in [2.05, 4.69) is 15.3 Å². The van der Waals surface area contributed by atoms with Crippen molar-refractivity contribution in [3.8, 4) is 0 Å². The molecule has 0 bridgehead atoms. The summed E-state index contributed by atoms with van der Waals surface area (Å²) in [7, 11) is 5.83. The van der Waals surface area contributed by atoms with Gasteiger partial charge < -0.3 is 15.1 Å². The van der Waals surface area contributed by atoms with Gasteiger partial charge in [-0.25, -0.2) is 0 Å². The van der Waals surface area contributed by atoms with Crippen LogP contribution >= 0.6 is 0 Å². The van der Waals surface area contributed by atoms with Gasteiger partial charge in [-0.1, -0.05) is 0 Å². The molecule has 1 N–H and O–H groups in total. The summed E-state index contributed by atoms with van der Waals surface area (Å²) in [5, 5.41) is 7.02. The summed E-state index contributed by atoms with van der Waals surface area (Å²) >= 11 is 0. The lowest BCUT2D eigenvalue weighted by Gasteiger charge is -2.26. The number of likely N-dealkylation sites (tertiary alicyclic amines) is 1. The third-order valence-electron chi connectivity index (χ3n) is 4.48. The van der Waals surface area contributed by atoms with Gasteiger partial charge in [-0.15, -0.1) is 0 Å². The molecule has 7 nitrogen and oxygen atoms in total. The van der Waals surface area contributed by atoms with Crippen LogP contribution < -0.4 is 5.32 Å². The third kappa shape index (κ3) is 4.31. The number of carbonyl (C=O) groups excluding carboxylic acids is 2. The molecule has 1 aliphatic rings. The van der Waals surface area contributed by atoms with Crippen molar-refractivity contribution in [3.63, 3.8) is 0 Å². The number of nitrogens with zero attached hydrogens (tertiary/aromatic N) is 4. The zero-order valence-corrected chi connectivity index (χ0v) is 14.5. The van der Waals surface area contributed by atoms with Gasteiger partial charge in [0.1, 0.15) is 0 Å². The summed E-state index contributed by atoms with van der Waals surface area (Å²) in [5.41, 5.74) is 1.46. The van der Waals surface area contributed by atoms with Crippen LogP contribution in [0.4, 0.5) is 0 Å². The number of carbonyl (C=O) groups is 2. The van der Waals surface area contributed by atoms with E-state index in [1.807, 2.05) is 33.0 Å². The van der Waals surface area contributed by atoms with Crippen LogP contribution in [-0.4, -0.2) is 71.2 Å². The average Bonchev–Trinajstić information content (AvgIpc) is 3.01. The van der Waals surface area contributed by atoms with E-state index in [-0.39, 0.29) is 17.9 Å². The lowest BCUT2D eigenvalue weighted by atomic mass is 10.1. The lowest BCUT2D eigenvalue weighted by Crippen LogP contribution is -2.40. The first kappa shape index (κ1) is 17.5. The number of likely N-dealkylation sites (N-methyl/N-ethyl adjacent to an activating group) is 1. The topological polar surface area (TPSA) is 70.5 Å². The van der Waals surface area contributed by atoms with Crippen LogP contribution in [0, 0.1) is 6.92 Å². The Kier molecular flexibility index (Phi) is 5.76. The smallest absolute Gasteiger partial charge is 0.254 e. The second-order valence-electron chi connectivity index (χ2n) is 6.39. The van der Waals surface area contributed by atoms with Crippen LogP contribution in [0.5, 0.6) is 0 Å². The summed E-state index contributed by atoms with van der Waals surface area (Å²) < 4.78 is 1.69. The number of amides is 2. The Balaban J connectivity index is 1.81. The Morgan fingerprint density at radius 3 is 2.83 bits per heavy atom. The minimum atomic E-state index is -0.0974. The number of aryl methyl sites for hydroxylation is 1. The molecular weight excluding hydrogens is 294 g/mol. The van der Waals surface area contributed by atoms with Crippen LogP contribution in [0.1, 0.15) is 35.3 Å². The normalized spacial score (nSPS) is 18.0. The van der Waals surface area contributed by atoms with Crippen molar-refractivity contribution in [2.24, 2.45) is 7.05 Å². The van der Waals surface area contributed by atoms with Crippen molar-refractivity contribution in [2.45, 2.75) is 32.2 Å². The Hall–Kier alpha value is -1.89. The molecule has 1 aromatic heterocycles. The molecule has 2 amide bonds. The number of hydrogen-bond acceptors (Lipinski definition) is 4. The van der Waals surface area contributed by atoms with Crippen LogP contribution in [0.2, 0.25) is 0 Å². The van der Waals surface area contributed by atoms with Gasteiger partial charge in [0.25, 0.3) is 5.91 Å². The molecule has 0 radical (unpaired) electrons. The van der Waals surface area contributed by atoms with Gasteiger partial charge >= 0.3 is 0 Å². The molecule has 1 saturated heterocycles. The fourth-order valence-electron chi connectivity index (χ4n) is 2.88. The van der Waals surface area contributed by atoms with Gasteiger partial charge in [-0.05, 0) is 33.9 Å². The molecule has 0 aliphatic carbocycles. The number of rotatable bonds is 7. The maximum Gasteiger partial charge on any atom is 0.254 e. The highest BCUT2D eigenvalue weighted by Gasteiger charge is 2.30. The van der Waals surface area contributed by atoms with Crippen molar-refractivity contribution in [2.75, 3.05) is 33.7 Å². The summed E-state index contributed by atoms with van der Waals surface area (Å²) in [6, 6.07) is 0.234. The molecular formula is C16H27N5O2. The molecule has 0 spiro atoms. The van der Waals surface area contributed by atoms with Gasteiger partial charge in [0.05, 0.1) is 11.8 Å². The molecule has 1 aromatic rings. The minimum Gasteiger partial charge on any atom is -0.352 e. The highest BCUT2D eigenvalue weighted by atomic mass is 16.2. The maximum absolute atomic E-state index is 12.2. The van der Waals surface area contributed by atoms with E-state index in [9.17, 15) is 9.59 Å². The van der Waals surface area contributed by atoms with Gasteiger partial charge in [-0.2, -0.15) is 5.10 Å². The van der Waals surface area contributed by atoms with Gasteiger partial charge in [0.15, 0.2) is 0 Å². The molecule has 0 aromatic carbocycles. The highest BCUT2D eigenvalue weighted by Crippen LogP contribution is 2.20. The van der Waals surface area contributed by atoms with E-state index >= 15 is 0 Å². The summed E-state index contributed by atoms with van der Waals surface area (Å²) in [5.74, 6) is 0.131. The zero-order chi connectivity index (χ0) is 17.0. The summed E-state index contributed by atoms with van der Waals surface area (Å²) in [6.07, 6.45) is 3.89. The van der Waals surface area contributed by atoms with Crippen molar-refractivity contribution in [1.29, 1.82) is 0 Å². The number of hydrogen-bond donors (Lipinski definition) is 1. The van der Waals surface area contributed by atoms with E-state index in [4.69, 9.17) is 0 Å². The van der Waals surface area contributed by atoms with Crippen molar-refractivity contribution >= 4 is 11.8 Å². The Morgan fingerprint density at radius 2 is 2.22 bits per heavy atom. The van der Waals surface area contributed by atoms with Crippen LogP contribution in [-0.2, 0) is 11.8 Å². The number of nitrogens with one attached hydrogen (secondary N) is 1. The minimum absolute atomic E-state index is 0.0974.